The number of carbonyl (C=O) groups excluding carboxylic acids is 1. The van der Waals surface area contributed by atoms with Gasteiger partial charge in [0.2, 0.25) is 0 Å². The smallest absolute Gasteiger partial charge is 0.377 e. The third kappa shape index (κ3) is 6.33. The molecular formula is C12H26O4SSi. The van der Waals surface area contributed by atoms with Gasteiger partial charge in [-0.2, -0.15) is 12.6 Å². The fraction of sp³-hybridized carbons (Fsp3) is 0.917. The summed E-state index contributed by atoms with van der Waals surface area (Å²) in [6.45, 7) is 2.12. The van der Waals surface area contributed by atoms with Crippen molar-refractivity contribution in [3.05, 3.63) is 0 Å². The number of hydrogen-bond acceptors (Lipinski definition) is 5. The Labute approximate surface area is 117 Å². The molecule has 0 fully saturated rings. The van der Waals surface area contributed by atoms with Crippen LogP contribution in [0.15, 0.2) is 0 Å². The molecule has 0 aliphatic heterocycles. The summed E-state index contributed by atoms with van der Waals surface area (Å²) in [4.78, 5) is 11.8. The Morgan fingerprint density at radius 3 is 2.17 bits per heavy atom. The Bertz CT molecular complexity index is 226. The first kappa shape index (κ1) is 18.1. The fourth-order valence-corrected chi connectivity index (χ4v) is 4.00. The highest BCUT2D eigenvalue weighted by molar-refractivity contribution is 7.81. The molecule has 0 N–H and O–H groups in total. The first-order valence-electron chi connectivity index (χ1n) is 6.41. The first-order valence-corrected chi connectivity index (χ1v) is 8.86. The van der Waals surface area contributed by atoms with Crippen LogP contribution in [0.3, 0.4) is 0 Å². The van der Waals surface area contributed by atoms with Gasteiger partial charge < -0.3 is 13.3 Å². The first-order chi connectivity index (χ1) is 8.55. The van der Waals surface area contributed by atoms with Crippen LogP contribution in [0.25, 0.3) is 0 Å². The van der Waals surface area contributed by atoms with E-state index in [0.717, 1.165) is 19.3 Å². The summed E-state index contributed by atoms with van der Waals surface area (Å²) in [5, 5.41) is -0.241. The standard InChI is InChI=1S/C12H26O4SSi/c1-5-6-7-8-11(13)12(17)9-10-18(14-2,15-3)16-4/h12,17H,5-10H2,1-4H3. The van der Waals surface area contributed by atoms with Crippen molar-refractivity contribution in [2.75, 3.05) is 21.3 Å². The van der Waals surface area contributed by atoms with Gasteiger partial charge in [0.05, 0.1) is 5.25 Å². The van der Waals surface area contributed by atoms with E-state index in [0.29, 0.717) is 18.9 Å². The van der Waals surface area contributed by atoms with Crippen LogP contribution < -0.4 is 0 Å². The molecule has 0 heterocycles. The molecule has 0 aromatic heterocycles. The van der Waals surface area contributed by atoms with Gasteiger partial charge in [-0.3, -0.25) is 4.79 Å². The summed E-state index contributed by atoms with van der Waals surface area (Å²) < 4.78 is 15.9. The van der Waals surface area contributed by atoms with Gasteiger partial charge in [-0.1, -0.05) is 19.8 Å². The van der Waals surface area contributed by atoms with E-state index in [2.05, 4.69) is 19.6 Å². The van der Waals surface area contributed by atoms with E-state index in [1.165, 1.54) is 0 Å². The summed E-state index contributed by atoms with van der Waals surface area (Å²) >= 11 is 4.36. The van der Waals surface area contributed by atoms with Gasteiger partial charge in [0.25, 0.3) is 0 Å². The van der Waals surface area contributed by atoms with Crippen LogP contribution in [0.4, 0.5) is 0 Å². The second-order valence-electron chi connectivity index (χ2n) is 4.27. The summed E-state index contributed by atoms with van der Waals surface area (Å²) in [6, 6.07) is 0.615. The van der Waals surface area contributed by atoms with Crippen LogP contribution in [-0.2, 0) is 18.1 Å². The van der Waals surface area contributed by atoms with Crippen LogP contribution in [0, 0.1) is 0 Å². The quantitative estimate of drug-likeness (QED) is 0.361. The van der Waals surface area contributed by atoms with Crippen LogP contribution in [0.5, 0.6) is 0 Å². The maximum absolute atomic E-state index is 11.8. The number of carbonyl (C=O) groups is 1. The van der Waals surface area contributed by atoms with E-state index in [1.54, 1.807) is 21.3 Å². The maximum atomic E-state index is 11.8. The van der Waals surface area contributed by atoms with Gasteiger partial charge in [-0.15, -0.1) is 0 Å². The predicted octanol–water partition coefficient (Wildman–Crippen LogP) is 2.70. The van der Waals surface area contributed by atoms with Gasteiger partial charge in [0, 0.05) is 33.8 Å². The number of Topliss-reactive ketones (excluding diaryl/α,β-unsaturated/α-hetero) is 1. The number of thiol groups is 1. The molecule has 0 rings (SSSR count). The van der Waals surface area contributed by atoms with Gasteiger partial charge in [0.1, 0.15) is 5.78 Å². The van der Waals surface area contributed by atoms with Crippen LogP contribution in [0.2, 0.25) is 6.04 Å². The zero-order valence-electron chi connectivity index (χ0n) is 11.9. The summed E-state index contributed by atoms with van der Waals surface area (Å²) in [6.07, 6.45) is 4.42. The monoisotopic (exact) mass is 294 g/mol. The molecule has 0 amide bonds. The van der Waals surface area contributed by atoms with Gasteiger partial charge in [-0.05, 0) is 12.8 Å². The molecule has 4 nitrogen and oxygen atoms in total. The highest BCUT2D eigenvalue weighted by atomic mass is 32.1. The molecule has 0 aliphatic carbocycles. The van der Waals surface area contributed by atoms with Crippen molar-refractivity contribution in [1.29, 1.82) is 0 Å². The summed E-state index contributed by atoms with van der Waals surface area (Å²) in [7, 11) is 2.17. The molecule has 0 aromatic carbocycles. The second-order valence-corrected chi connectivity index (χ2v) is 7.99. The summed E-state index contributed by atoms with van der Waals surface area (Å²) in [5.41, 5.74) is 0. The second kappa shape index (κ2) is 9.97. The third-order valence-electron chi connectivity index (χ3n) is 3.06. The topological polar surface area (TPSA) is 44.8 Å². The predicted molar refractivity (Wildman–Crippen MR) is 78.1 cm³/mol. The van der Waals surface area contributed by atoms with E-state index in [9.17, 15) is 4.79 Å². The molecule has 0 saturated carbocycles. The molecule has 0 saturated heterocycles. The molecule has 108 valence electrons. The van der Waals surface area contributed by atoms with Gasteiger partial charge in [0.15, 0.2) is 0 Å². The maximum Gasteiger partial charge on any atom is 0.500 e. The average molecular weight is 294 g/mol. The SMILES string of the molecule is CCCCCC(=O)C(S)CC[Si](OC)(OC)OC. The lowest BCUT2D eigenvalue weighted by atomic mass is 10.1. The highest BCUT2D eigenvalue weighted by Crippen LogP contribution is 2.20. The van der Waals surface area contributed by atoms with Crippen molar-refractivity contribution in [1.82, 2.24) is 0 Å². The van der Waals surface area contributed by atoms with Crippen molar-refractivity contribution in [2.45, 2.75) is 50.3 Å². The van der Waals surface area contributed by atoms with Crippen molar-refractivity contribution in [3.63, 3.8) is 0 Å². The molecule has 0 bridgehead atoms. The average Bonchev–Trinajstić information content (AvgIpc) is 2.40. The van der Waals surface area contributed by atoms with Crippen LogP contribution in [0.1, 0.15) is 39.0 Å². The Balaban J connectivity index is 4.07. The van der Waals surface area contributed by atoms with Crippen molar-refractivity contribution in [2.24, 2.45) is 0 Å². The molecule has 6 heteroatoms. The minimum absolute atomic E-state index is 0.206. The Morgan fingerprint density at radius 2 is 1.72 bits per heavy atom. The van der Waals surface area contributed by atoms with E-state index >= 15 is 0 Å². The zero-order chi connectivity index (χ0) is 14.0. The highest BCUT2D eigenvalue weighted by Gasteiger charge is 2.38. The Kier molecular flexibility index (Phi) is 10.0. The van der Waals surface area contributed by atoms with Crippen molar-refractivity contribution >= 4 is 27.2 Å². The summed E-state index contributed by atoms with van der Waals surface area (Å²) in [5.74, 6) is 0.206. The largest absolute Gasteiger partial charge is 0.500 e. The lowest BCUT2D eigenvalue weighted by Gasteiger charge is -2.25. The fourth-order valence-electron chi connectivity index (χ4n) is 1.75. The molecule has 0 spiro atoms. The number of rotatable bonds is 11. The molecule has 0 aromatic rings. The van der Waals surface area contributed by atoms with Crippen molar-refractivity contribution in [3.8, 4) is 0 Å². The Hall–Kier alpha value is 0.117. The van der Waals surface area contributed by atoms with E-state index in [-0.39, 0.29) is 11.0 Å². The molecule has 0 radical (unpaired) electrons. The third-order valence-corrected chi connectivity index (χ3v) is 6.37. The molecule has 1 atom stereocenters. The van der Waals surface area contributed by atoms with E-state index in [4.69, 9.17) is 13.3 Å². The Morgan fingerprint density at radius 1 is 1.17 bits per heavy atom. The molecule has 0 aliphatic rings. The minimum Gasteiger partial charge on any atom is -0.377 e. The number of unbranched alkanes of at least 4 members (excludes halogenated alkanes) is 2. The molecule has 1 unspecified atom stereocenters. The van der Waals surface area contributed by atoms with Gasteiger partial charge >= 0.3 is 8.80 Å². The van der Waals surface area contributed by atoms with Gasteiger partial charge in [-0.25, -0.2) is 0 Å². The van der Waals surface area contributed by atoms with Crippen LogP contribution >= 0.6 is 12.6 Å². The normalized spacial score (nSPS) is 13.6. The van der Waals surface area contributed by atoms with E-state index < -0.39 is 8.80 Å². The van der Waals surface area contributed by atoms with Crippen LogP contribution in [-0.4, -0.2) is 41.2 Å². The van der Waals surface area contributed by atoms with E-state index in [1.807, 2.05) is 0 Å². The number of ketones is 1. The number of hydrogen-bond donors (Lipinski definition) is 1. The molecular weight excluding hydrogens is 268 g/mol. The minimum atomic E-state index is -2.57. The van der Waals surface area contributed by atoms with Crippen molar-refractivity contribution < 1.29 is 18.1 Å². The lowest BCUT2D eigenvalue weighted by molar-refractivity contribution is -0.118. The lowest BCUT2D eigenvalue weighted by Crippen LogP contribution is -2.43. The molecule has 18 heavy (non-hydrogen) atoms. The zero-order valence-corrected chi connectivity index (χ0v) is 13.8.